The highest BCUT2D eigenvalue weighted by Crippen LogP contribution is 2.18. The number of hydrogen-bond donors (Lipinski definition) is 2. The van der Waals surface area contributed by atoms with E-state index >= 15 is 0 Å². The van der Waals surface area contributed by atoms with Gasteiger partial charge in [-0.2, -0.15) is 0 Å². The van der Waals surface area contributed by atoms with E-state index in [0.29, 0.717) is 0 Å². The Balaban J connectivity index is 1.86. The van der Waals surface area contributed by atoms with Gasteiger partial charge in [-0.1, -0.05) is 6.07 Å². The van der Waals surface area contributed by atoms with Crippen molar-refractivity contribution in [2.45, 2.75) is 19.4 Å². The summed E-state index contributed by atoms with van der Waals surface area (Å²) in [7, 11) is 0. The molecule has 1 aliphatic rings. The second-order valence-corrected chi connectivity index (χ2v) is 5.82. The van der Waals surface area contributed by atoms with E-state index in [1.165, 1.54) is 0 Å². The maximum atomic E-state index is 12.5. The van der Waals surface area contributed by atoms with Crippen molar-refractivity contribution >= 4 is 16.8 Å². The van der Waals surface area contributed by atoms with E-state index in [1.54, 1.807) is 0 Å². The first kappa shape index (κ1) is 12.2. The molecule has 1 saturated heterocycles. The fraction of sp³-hybridized carbons (Fsp3) is 0.400. The van der Waals surface area contributed by atoms with Crippen molar-refractivity contribution in [3.8, 4) is 0 Å². The molecule has 0 radical (unpaired) electrons. The van der Waals surface area contributed by atoms with Gasteiger partial charge in [0.25, 0.3) is 5.91 Å². The first-order valence-electron chi connectivity index (χ1n) is 6.67. The zero-order valence-corrected chi connectivity index (χ0v) is 11.4. The third kappa shape index (κ3) is 2.36. The van der Waals surface area contributed by atoms with Crippen LogP contribution in [0, 0.1) is 0 Å². The van der Waals surface area contributed by atoms with Crippen molar-refractivity contribution in [2.75, 3.05) is 19.6 Å². The molecule has 0 spiro atoms. The van der Waals surface area contributed by atoms with Gasteiger partial charge in [-0.05, 0) is 37.4 Å². The van der Waals surface area contributed by atoms with Crippen molar-refractivity contribution in [3.63, 3.8) is 0 Å². The predicted octanol–water partition coefficient (Wildman–Crippen LogP) is 1.99. The van der Waals surface area contributed by atoms with E-state index in [-0.39, 0.29) is 11.4 Å². The first-order chi connectivity index (χ1) is 9.05. The van der Waals surface area contributed by atoms with Gasteiger partial charge in [0, 0.05) is 42.5 Å². The largest absolute Gasteiger partial charge is 0.361 e. The molecule has 3 rings (SSSR count). The molecular formula is C15H19N3O. The zero-order valence-electron chi connectivity index (χ0n) is 11.4. The highest BCUT2D eigenvalue weighted by molar-refractivity contribution is 5.98. The third-order valence-electron chi connectivity index (χ3n) is 3.66. The van der Waals surface area contributed by atoms with Crippen LogP contribution in [0.5, 0.6) is 0 Å². The minimum Gasteiger partial charge on any atom is -0.361 e. The number of H-pyrrole nitrogens is 1. The number of aromatic nitrogens is 1. The summed E-state index contributed by atoms with van der Waals surface area (Å²) in [5.74, 6) is 0.117. The summed E-state index contributed by atoms with van der Waals surface area (Å²) in [6.07, 6.45) is 1.90. The second-order valence-electron chi connectivity index (χ2n) is 5.82. The van der Waals surface area contributed by atoms with Crippen molar-refractivity contribution in [2.24, 2.45) is 0 Å². The molecule has 1 aromatic carbocycles. The molecule has 2 aromatic rings. The maximum Gasteiger partial charge on any atom is 0.254 e. The van der Waals surface area contributed by atoms with Crippen molar-refractivity contribution in [3.05, 3.63) is 36.0 Å². The van der Waals surface area contributed by atoms with E-state index in [2.05, 4.69) is 24.1 Å². The van der Waals surface area contributed by atoms with Crippen LogP contribution < -0.4 is 5.32 Å². The zero-order chi connectivity index (χ0) is 13.5. The van der Waals surface area contributed by atoms with Crippen LogP contribution in [0.1, 0.15) is 24.2 Å². The highest BCUT2D eigenvalue weighted by atomic mass is 16.2. The number of rotatable bonds is 1. The molecule has 0 bridgehead atoms. The Bertz CT molecular complexity index is 615. The van der Waals surface area contributed by atoms with Gasteiger partial charge in [0.1, 0.15) is 0 Å². The number of aromatic amines is 1. The molecule has 4 nitrogen and oxygen atoms in total. The van der Waals surface area contributed by atoms with Gasteiger partial charge in [-0.25, -0.2) is 0 Å². The number of nitrogens with one attached hydrogen (secondary N) is 2. The van der Waals surface area contributed by atoms with E-state index in [9.17, 15) is 4.79 Å². The minimum atomic E-state index is -0.00948. The lowest BCUT2D eigenvalue weighted by Crippen LogP contribution is -2.58. The second kappa shape index (κ2) is 4.38. The van der Waals surface area contributed by atoms with Gasteiger partial charge in [0.05, 0.1) is 0 Å². The minimum absolute atomic E-state index is 0.00948. The molecule has 1 amide bonds. The number of benzene rings is 1. The molecule has 1 fully saturated rings. The predicted molar refractivity (Wildman–Crippen MR) is 76.3 cm³/mol. The van der Waals surface area contributed by atoms with Crippen LogP contribution in [0.3, 0.4) is 0 Å². The number of nitrogens with zero attached hydrogens (tertiary/aromatic N) is 1. The molecule has 2 heterocycles. The Morgan fingerprint density at radius 2 is 2.16 bits per heavy atom. The third-order valence-corrected chi connectivity index (χ3v) is 3.66. The summed E-state index contributed by atoms with van der Waals surface area (Å²) in [5.41, 5.74) is 1.76. The fourth-order valence-electron chi connectivity index (χ4n) is 2.68. The van der Waals surface area contributed by atoms with Gasteiger partial charge in [0.15, 0.2) is 0 Å². The number of fused-ring (bicyclic) bond motifs is 1. The lowest BCUT2D eigenvalue weighted by molar-refractivity contribution is 0.0652. The average molecular weight is 257 g/mol. The molecule has 1 aliphatic heterocycles. The molecule has 100 valence electrons. The van der Waals surface area contributed by atoms with E-state index in [4.69, 9.17) is 0 Å². The van der Waals surface area contributed by atoms with Crippen LogP contribution in [0.25, 0.3) is 10.9 Å². The summed E-state index contributed by atoms with van der Waals surface area (Å²) in [6.45, 7) is 6.62. The molecule has 0 unspecified atom stereocenters. The highest BCUT2D eigenvalue weighted by Gasteiger charge is 2.29. The summed E-state index contributed by atoms with van der Waals surface area (Å²) < 4.78 is 0. The number of hydrogen-bond acceptors (Lipinski definition) is 2. The number of carbonyl (C=O) groups excluding carboxylic acids is 1. The molecule has 0 atom stereocenters. The molecule has 1 aromatic heterocycles. The summed E-state index contributed by atoms with van der Waals surface area (Å²) >= 11 is 0. The van der Waals surface area contributed by atoms with Gasteiger partial charge in [-0.15, -0.1) is 0 Å². The van der Waals surface area contributed by atoms with Gasteiger partial charge in [-0.3, -0.25) is 4.79 Å². The van der Waals surface area contributed by atoms with Crippen LogP contribution in [0.2, 0.25) is 0 Å². The molecule has 0 aliphatic carbocycles. The molecule has 2 N–H and O–H groups in total. The Kier molecular flexibility index (Phi) is 2.82. The van der Waals surface area contributed by atoms with Crippen LogP contribution >= 0.6 is 0 Å². The summed E-state index contributed by atoms with van der Waals surface area (Å²) in [4.78, 5) is 17.6. The standard InChI is InChI=1S/C15H19N3O/c1-15(2)10-18(8-7-17-15)14(19)12-4-3-11-5-6-16-13(11)9-12/h3-6,9,16-17H,7-8,10H2,1-2H3. The van der Waals surface area contributed by atoms with Crippen LogP contribution in [-0.2, 0) is 0 Å². The van der Waals surface area contributed by atoms with Crippen molar-refractivity contribution < 1.29 is 4.79 Å². The van der Waals surface area contributed by atoms with Crippen LogP contribution in [-0.4, -0.2) is 41.0 Å². The quantitative estimate of drug-likeness (QED) is 0.821. The van der Waals surface area contributed by atoms with E-state index in [0.717, 1.165) is 36.1 Å². The number of carbonyl (C=O) groups is 1. The number of piperazine rings is 1. The van der Waals surface area contributed by atoms with Crippen molar-refractivity contribution in [1.82, 2.24) is 15.2 Å². The molecule has 19 heavy (non-hydrogen) atoms. The Hall–Kier alpha value is -1.81. The number of amides is 1. The Morgan fingerprint density at radius 3 is 2.95 bits per heavy atom. The summed E-state index contributed by atoms with van der Waals surface area (Å²) in [5, 5.41) is 4.56. The smallest absolute Gasteiger partial charge is 0.254 e. The monoisotopic (exact) mass is 257 g/mol. The normalized spacial score (nSPS) is 18.7. The Morgan fingerprint density at radius 1 is 1.32 bits per heavy atom. The molecule has 0 saturated carbocycles. The first-order valence-corrected chi connectivity index (χ1v) is 6.67. The fourth-order valence-corrected chi connectivity index (χ4v) is 2.68. The molecular weight excluding hydrogens is 238 g/mol. The SMILES string of the molecule is CC1(C)CN(C(=O)c2ccc3cc[nH]c3c2)CCN1. The van der Waals surface area contributed by atoms with Crippen LogP contribution in [0.4, 0.5) is 0 Å². The van der Waals surface area contributed by atoms with E-state index in [1.807, 2.05) is 35.4 Å². The maximum absolute atomic E-state index is 12.5. The summed E-state index contributed by atoms with van der Waals surface area (Å²) in [6, 6.07) is 7.85. The lowest BCUT2D eigenvalue weighted by atomic mass is 10.0. The van der Waals surface area contributed by atoms with Gasteiger partial charge in [0.2, 0.25) is 0 Å². The van der Waals surface area contributed by atoms with Gasteiger partial charge >= 0.3 is 0 Å². The van der Waals surface area contributed by atoms with Crippen molar-refractivity contribution in [1.29, 1.82) is 0 Å². The lowest BCUT2D eigenvalue weighted by Gasteiger charge is -2.39. The topological polar surface area (TPSA) is 48.1 Å². The van der Waals surface area contributed by atoms with Gasteiger partial charge < -0.3 is 15.2 Å². The average Bonchev–Trinajstić information content (AvgIpc) is 2.83. The molecule has 4 heteroatoms. The van der Waals surface area contributed by atoms with Crippen LogP contribution in [0.15, 0.2) is 30.5 Å². The van der Waals surface area contributed by atoms with E-state index < -0.39 is 0 Å². The Labute approximate surface area is 112 Å².